The monoisotopic (exact) mass is 267 g/mol. The average Bonchev–Trinajstić information content (AvgIpc) is 2.38. The summed E-state index contributed by atoms with van der Waals surface area (Å²) >= 11 is 0. The molecule has 0 unspecified atom stereocenters. The summed E-state index contributed by atoms with van der Waals surface area (Å²) in [6.07, 6.45) is -1.47. The maximum Gasteiger partial charge on any atom is 0.573 e. The lowest BCUT2D eigenvalue weighted by atomic mass is 10.1. The van der Waals surface area contributed by atoms with Crippen LogP contribution in [0.4, 0.5) is 13.2 Å². The van der Waals surface area contributed by atoms with Crippen LogP contribution >= 0.6 is 0 Å². The van der Waals surface area contributed by atoms with Crippen molar-refractivity contribution in [2.24, 2.45) is 0 Å². The van der Waals surface area contributed by atoms with Crippen molar-refractivity contribution in [2.75, 3.05) is 0 Å². The van der Waals surface area contributed by atoms with Gasteiger partial charge in [0.2, 0.25) is 0 Å². The number of hydrogen-bond donors (Lipinski definition) is 0. The topological polar surface area (TPSA) is 39.2 Å². The lowest BCUT2D eigenvalue weighted by Gasteiger charge is -2.12. The molecule has 1 aromatic carbocycles. The first-order chi connectivity index (χ1) is 8.99. The van der Waals surface area contributed by atoms with E-state index in [1.807, 2.05) is 0 Å². The lowest BCUT2D eigenvalue weighted by molar-refractivity contribution is -0.274. The fourth-order valence-electron chi connectivity index (χ4n) is 1.56. The van der Waals surface area contributed by atoms with Gasteiger partial charge in [-0.05, 0) is 23.8 Å². The van der Waals surface area contributed by atoms with E-state index in [0.717, 1.165) is 6.07 Å². The molecule has 0 aliphatic carbocycles. The van der Waals surface area contributed by atoms with E-state index in [2.05, 4.69) is 9.72 Å². The van der Waals surface area contributed by atoms with Gasteiger partial charge in [-0.2, -0.15) is 0 Å². The van der Waals surface area contributed by atoms with Crippen molar-refractivity contribution in [2.45, 2.75) is 6.36 Å². The highest BCUT2D eigenvalue weighted by atomic mass is 19.4. The fourth-order valence-corrected chi connectivity index (χ4v) is 1.56. The first-order valence-electron chi connectivity index (χ1n) is 5.25. The van der Waals surface area contributed by atoms with E-state index in [9.17, 15) is 18.0 Å². The van der Waals surface area contributed by atoms with Crippen LogP contribution in [0.2, 0.25) is 0 Å². The fraction of sp³-hybridized carbons (Fsp3) is 0.0769. The summed E-state index contributed by atoms with van der Waals surface area (Å²) in [5.74, 6) is -0.524. The Labute approximate surface area is 106 Å². The number of nitrogens with zero attached hydrogens (tertiary/aromatic N) is 1. The van der Waals surface area contributed by atoms with Gasteiger partial charge in [0.25, 0.3) is 0 Å². The molecule has 2 rings (SSSR count). The molecule has 0 N–H and O–H groups in total. The zero-order valence-electron chi connectivity index (χ0n) is 9.52. The highest BCUT2D eigenvalue weighted by molar-refractivity contribution is 5.81. The van der Waals surface area contributed by atoms with E-state index in [4.69, 9.17) is 0 Å². The molecule has 0 saturated carbocycles. The molecule has 0 atom stereocenters. The molecule has 0 bridgehead atoms. The number of ether oxygens (including phenoxy) is 1. The van der Waals surface area contributed by atoms with E-state index >= 15 is 0 Å². The average molecular weight is 267 g/mol. The molecule has 1 heterocycles. The Kier molecular flexibility index (Phi) is 3.50. The Balaban J connectivity index is 2.44. The minimum atomic E-state index is -4.84. The lowest BCUT2D eigenvalue weighted by Crippen LogP contribution is -2.18. The first kappa shape index (κ1) is 13.1. The Morgan fingerprint density at radius 1 is 1.16 bits per heavy atom. The van der Waals surface area contributed by atoms with E-state index < -0.39 is 12.1 Å². The molecular weight excluding hydrogens is 259 g/mol. The SMILES string of the molecule is O=Cc1ccc(-c2cccnc2)cc1OC(F)(F)F. The maximum absolute atomic E-state index is 12.2. The summed E-state index contributed by atoms with van der Waals surface area (Å²) in [5.41, 5.74) is 0.954. The van der Waals surface area contributed by atoms with Crippen molar-refractivity contribution in [3.05, 3.63) is 48.3 Å². The summed E-state index contributed by atoms with van der Waals surface area (Å²) in [6.45, 7) is 0. The van der Waals surface area contributed by atoms with Crippen molar-refractivity contribution < 1.29 is 22.7 Å². The van der Waals surface area contributed by atoms with Gasteiger partial charge in [-0.15, -0.1) is 13.2 Å². The van der Waals surface area contributed by atoms with Gasteiger partial charge in [-0.3, -0.25) is 9.78 Å². The van der Waals surface area contributed by atoms with Crippen molar-refractivity contribution in [1.29, 1.82) is 0 Å². The summed E-state index contributed by atoms with van der Waals surface area (Å²) in [4.78, 5) is 14.6. The summed E-state index contributed by atoms with van der Waals surface area (Å²) < 4.78 is 40.6. The van der Waals surface area contributed by atoms with Crippen LogP contribution in [0, 0.1) is 0 Å². The van der Waals surface area contributed by atoms with Gasteiger partial charge in [-0.25, -0.2) is 0 Å². The number of pyridine rings is 1. The van der Waals surface area contributed by atoms with Crippen LogP contribution in [0.1, 0.15) is 10.4 Å². The van der Waals surface area contributed by atoms with Gasteiger partial charge in [0.1, 0.15) is 5.75 Å². The summed E-state index contributed by atoms with van der Waals surface area (Å²) in [5, 5.41) is 0. The highest BCUT2D eigenvalue weighted by Crippen LogP contribution is 2.30. The second-order valence-electron chi connectivity index (χ2n) is 3.66. The minimum Gasteiger partial charge on any atom is -0.405 e. The molecule has 0 aliphatic heterocycles. The van der Waals surface area contributed by atoms with Crippen molar-refractivity contribution in [3.63, 3.8) is 0 Å². The van der Waals surface area contributed by atoms with Crippen LogP contribution in [0.3, 0.4) is 0 Å². The van der Waals surface area contributed by atoms with E-state index in [1.54, 1.807) is 18.3 Å². The molecule has 0 saturated heterocycles. The zero-order valence-corrected chi connectivity index (χ0v) is 9.52. The number of alkyl halides is 3. The van der Waals surface area contributed by atoms with E-state index in [0.29, 0.717) is 17.4 Å². The number of carbonyl (C=O) groups excluding carboxylic acids is 1. The third kappa shape index (κ3) is 3.31. The zero-order chi connectivity index (χ0) is 13.9. The Bertz CT molecular complexity index is 582. The molecule has 19 heavy (non-hydrogen) atoms. The molecule has 0 radical (unpaired) electrons. The predicted octanol–water partition coefficient (Wildman–Crippen LogP) is 3.46. The van der Waals surface area contributed by atoms with E-state index in [-0.39, 0.29) is 5.56 Å². The maximum atomic E-state index is 12.2. The van der Waals surface area contributed by atoms with E-state index in [1.165, 1.54) is 18.3 Å². The number of halogens is 3. The van der Waals surface area contributed by atoms with Gasteiger partial charge in [0.05, 0.1) is 5.56 Å². The third-order valence-corrected chi connectivity index (χ3v) is 2.36. The molecule has 0 spiro atoms. The van der Waals surface area contributed by atoms with Crippen molar-refractivity contribution in [3.8, 4) is 16.9 Å². The number of benzene rings is 1. The molecule has 0 fully saturated rings. The van der Waals surface area contributed by atoms with Crippen molar-refractivity contribution in [1.82, 2.24) is 4.98 Å². The molecule has 6 heteroatoms. The molecule has 3 nitrogen and oxygen atoms in total. The summed E-state index contributed by atoms with van der Waals surface area (Å²) in [6, 6.07) is 7.32. The van der Waals surface area contributed by atoms with Crippen LogP contribution in [-0.2, 0) is 0 Å². The normalized spacial score (nSPS) is 11.1. The molecular formula is C13H8F3NO2. The highest BCUT2D eigenvalue weighted by Gasteiger charge is 2.32. The van der Waals surface area contributed by atoms with Crippen LogP contribution in [0.25, 0.3) is 11.1 Å². The number of rotatable bonds is 3. The number of hydrogen-bond acceptors (Lipinski definition) is 3. The molecule has 0 aliphatic rings. The number of aromatic nitrogens is 1. The van der Waals surface area contributed by atoms with Crippen LogP contribution < -0.4 is 4.74 Å². The quantitative estimate of drug-likeness (QED) is 0.799. The summed E-state index contributed by atoms with van der Waals surface area (Å²) in [7, 11) is 0. The van der Waals surface area contributed by atoms with Gasteiger partial charge in [-0.1, -0.05) is 12.1 Å². The van der Waals surface area contributed by atoms with Gasteiger partial charge < -0.3 is 4.74 Å². The van der Waals surface area contributed by atoms with Gasteiger partial charge in [0, 0.05) is 18.0 Å². The standard InChI is InChI=1S/C13H8F3NO2/c14-13(15,16)19-12-6-9(3-4-11(12)8-18)10-2-1-5-17-7-10/h1-8H. The van der Waals surface area contributed by atoms with Crippen molar-refractivity contribution >= 4 is 6.29 Å². The Morgan fingerprint density at radius 2 is 1.95 bits per heavy atom. The third-order valence-electron chi connectivity index (χ3n) is 2.36. The molecule has 2 aromatic rings. The van der Waals surface area contributed by atoms with Crippen LogP contribution in [-0.4, -0.2) is 17.6 Å². The minimum absolute atomic E-state index is 0.162. The molecule has 1 aromatic heterocycles. The number of carbonyl (C=O) groups is 1. The molecule has 0 amide bonds. The molecule has 98 valence electrons. The first-order valence-corrected chi connectivity index (χ1v) is 5.25. The predicted molar refractivity (Wildman–Crippen MR) is 61.7 cm³/mol. The second kappa shape index (κ2) is 5.09. The second-order valence-corrected chi connectivity index (χ2v) is 3.66. The van der Waals surface area contributed by atoms with Crippen LogP contribution in [0.15, 0.2) is 42.7 Å². The van der Waals surface area contributed by atoms with Gasteiger partial charge >= 0.3 is 6.36 Å². The largest absolute Gasteiger partial charge is 0.573 e. The Morgan fingerprint density at radius 3 is 2.53 bits per heavy atom. The van der Waals surface area contributed by atoms with Crippen LogP contribution in [0.5, 0.6) is 5.75 Å². The smallest absolute Gasteiger partial charge is 0.405 e. The van der Waals surface area contributed by atoms with Gasteiger partial charge in [0.15, 0.2) is 6.29 Å². The Hall–Kier alpha value is -2.37. The number of aldehydes is 1.